The first kappa shape index (κ1) is 11.2. The molecule has 1 unspecified atom stereocenters. The molecule has 0 saturated carbocycles. The largest absolute Gasteiger partial charge is 0.307 e. The molecule has 14 heavy (non-hydrogen) atoms. The van der Waals surface area contributed by atoms with Crippen LogP contribution in [-0.2, 0) is 9.68 Å². The Morgan fingerprint density at radius 3 is 1.64 bits per heavy atom. The van der Waals surface area contributed by atoms with Crippen LogP contribution in [0.2, 0.25) is 0 Å². The van der Waals surface area contributed by atoms with Crippen molar-refractivity contribution >= 4 is 21.6 Å². The summed E-state index contributed by atoms with van der Waals surface area (Å²) < 4.78 is 0. The third kappa shape index (κ3) is 3.46. The number of hydrogen-bond acceptors (Lipinski definition) is 8. The van der Waals surface area contributed by atoms with E-state index in [0.29, 0.717) is 11.5 Å². The molecule has 2 atom stereocenters. The second kappa shape index (κ2) is 5.10. The first-order valence-electron chi connectivity index (χ1n) is 3.46. The molecule has 1 rings (SSSR count). The number of nitrogens with zero attached hydrogens (tertiary/aromatic N) is 2. The van der Waals surface area contributed by atoms with Crippen LogP contribution in [0.1, 0.15) is 0 Å². The molecule has 0 aromatic rings. The van der Waals surface area contributed by atoms with E-state index in [1.807, 2.05) is 0 Å². The van der Waals surface area contributed by atoms with Gasteiger partial charge in [-0.05, 0) is 0 Å². The highest BCUT2D eigenvalue weighted by Crippen LogP contribution is 2.32. The van der Waals surface area contributed by atoms with Crippen molar-refractivity contribution < 1.29 is 19.8 Å². The summed E-state index contributed by atoms with van der Waals surface area (Å²) in [5, 5.41) is 18.2. The summed E-state index contributed by atoms with van der Waals surface area (Å²) in [5.74, 6) is 0.592. The molecule has 8 nitrogen and oxygen atoms in total. The lowest BCUT2D eigenvalue weighted by molar-refractivity contribution is -0.796. The molecule has 0 amide bonds. The topological polar surface area (TPSA) is 105 Å². The summed E-state index contributed by atoms with van der Waals surface area (Å²) in [5.41, 5.74) is 0. The van der Waals surface area contributed by atoms with Gasteiger partial charge in [-0.1, -0.05) is 21.6 Å². The monoisotopic (exact) mass is 242 g/mol. The van der Waals surface area contributed by atoms with Crippen LogP contribution in [0.3, 0.4) is 0 Å². The van der Waals surface area contributed by atoms with Gasteiger partial charge in [0.25, 0.3) is 10.2 Å². The highest BCUT2D eigenvalue weighted by Gasteiger charge is 2.32. The van der Waals surface area contributed by atoms with Crippen molar-refractivity contribution in [3.8, 4) is 0 Å². The fraction of sp³-hybridized carbons (Fsp3) is 1.00. The van der Waals surface area contributed by atoms with Gasteiger partial charge in [-0.15, -0.1) is 20.2 Å². The van der Waals surface area contributed by atoms with Crippen LogP contribution in [-0.4, -0.2) is 33.9 Å². The molecule has 0 bridgehead atoms. The van der Waals surface area contributed by atoms with Crippen LogP contribution in [0.25, 0.3) is 0 Å². The lowest BCUT2D eigenvalue weighted by Gasteiger charge is -2.26. The Morgan fingerprint density at radius 2 is 1.36 bits per heavy atom. The Kier molecular flexibility index (Phi) is 4.07. The fourth-order valence-corrected chi connectivity index (χ4v) is 3.26. The van der Waals surface area contributed by atoms with Crippen molar-refractivity contribution in [2.75, 3.05) is 11.5 Å². The SMILES string of the molecule is O=[N+]([O-])OC1CSSC[C@@H]1O[N+](=O)[O-]. The molecule has 80 valence electrons. The van der Waals surface area contributed by atoms with Gasteiger partial charge < -0.3 is 9.68 Å². The second-order valence-corrected chi connectivity index (χ2v) is 4.86. The second-order valence-electron chi connectivity index (χ2n) is 2.30. The van der Waals surface area contributed by atoms with Gasteiger partial charge in [0.15, 0.2) is 0 Å². The Morgan fingerprint density at radius 1 is 1.00 bits per heavy atom. The molecule has 0 N–H and O–H groups in total. The number of rotatable bonds is 4. The molecule has 0 aliphatic carbocycles. The van der Waals surface area contributed by atoms with E-state index in [4.69, 9.17) is 0 Å². The summed E-state index contributed by atoms with van der Waals surface area (Å²) in [6, 6.07) is 0. The van der Waals surface area contributed by atoms with Crippen LogP contribution in [0.15, 0.2) is 0 Å². The summed E-state index contributed by atoms with van der Waals surface area (Å²) >= 11 is 0. The van der Waals surface area contributed by atoms with Gasteiger partial charge in [0.1, 0.15) is 12.2 Å². The van der Waals surface area contributed by atoms with Gasteiger partial charge in [0.05, 0.1) is 0 Å². The molecule has 1 saturated heterocycles. The highest BCUT2D eigenvalue weighted by atomic mass is 33.1. The minimum Gasteiger partial charge on any atom is -0.307 e. The Labute approximate surface area is 85.9 Å². The van der Waals surface area contributed by atoms with Gasteiger partial charge in [-0.3, -0.25) is 0 Å². The first-order chi connectivity index (χ1) is 6.59. The molecule has 1 aliphatic rings. The third-order valence-corrected chi connectivity index (χ3v) is 3.82. The van der Waals surface area contributed by atoms with Crippen molar-refractivity contribution in [2.24, 2.45) is 0 Å². The number of hydrogen-bond donors (Lipinski definition) is 0. The average molecular weight is 242 g/mol. The zero-order chi connectivity index (χ0) is 10.6. The lowest BCUT2D eigenvalue weighted by atomic mass is 10.2. The molecule has 1 heterocycles. The van der Waals surface area contributed by atoms with Crippen LogP contribution in [0.4, 0.5) is 0 Å². The predicted molar refractivity (Wildman–Crippen MR) is 48.7 cm³/mol. The van der Waals surface area contributed by atoms with E-state index in [0.717, 1.165) is 0 Å². The zero-order valence-electron chi connectivity index (χ0n) is 6.73. The van der Waals surface area contributed by atoms with E-state index in [1.54, 1.807) is 0 Å². The van der Waals surface area contributed by atoms with E-state index in [1.165, 1.54) is 21.6 Å². The molecule has 0 spiro atoms. The van der Waals surface area contributed by atoms with Gasteiger partial charge in [0.2, 0.25) is 0 Å². The summed E-state index contributed by atoms with van der Waals surface area (Å²) in [4.78, 5) is 28.6. The quantitative estimate of drug-likeness (QED) is 0.399. The van der Waals surface area contributed by atoms with Gasteiger partial charge in [-0.2, -0.15) is 0 Å². The third-order valence-electron chi connectivity index (χ3n) is 1.41. The smallest absolute Gasteiger partial charge is 0.294 e. The molecule has 1 aliphatic heterocycles. The van der Waals surface area contributed by atoms with Crippen LogP contribution < -0.4 is 0 Å². The molecule has 0 aromatic heterocycles. The van der Waals surface area contributed by atoms with Crippen LogP contribution >= 0.6 is 21.6 Å². The first-order valence-corrected chi connectivity index (χ1v) is 5.95. The van der Waals surface area contributed by atoms with E-state index in [2.05, 4.69) is 9.68 Å². The minimum atomic E-state index is -0.961. The van der Waals surface area contributed by atoms with Gasteiger partial charge >= 0.3 is 0 Å². The van der Waals surface area contributed by atoms with Crippen molar-refractivity contribution in [3.63, 3.8) is 0 Å². The average Bonchev–Trinajstić information content (AvgIpc) is 2.06. The molecular formula is C4H6N2O6S2. The maximum absolute atomic E-state index is 10.0. The van der Waals surface area contributed by atoms with E-state index >= 15 is 0 Å². The summed E-state index contributed by atoms with van der Waals surface area (Å²) in [6.07, 6.45) is -1.75. The Bertz CT molecular complexity index is 214. The normalized spacial score (nSPS) is 26.6. The van der Waals surface area contributed by atoms with Crippen LogP contribution in [0, 0.1) is 20.2 Å². The highest BCUT2D eigenvalue weighted by molar-refractivity contribution is 8.76. The Balaban J connectivity index is 2.49. The van der Waals surface area contributed by atoms with Crippen molar-refractivity contribution in [3.05, 3.63) is 20.2 Å². The predicted octanol–water partition coefficient (Wildman–Crippen LogP) is 0.535. The molecular weight excluding hydrogens is 236 g/mol. The molecule has 1 fully saturated rings. The maximum atomic E-state index is 10.0. The standard InChI is InChI=1S/C4H6N2O6S2/c7-5(8)11-3-1-13-14-2-4(3)12-6(9)10/h3-4H,1-2H2/t3-,4?/m0/s1. The lowest BCUT2D eigenvalue weighted by Crippen LogP contribution is -2.40. The summed E-state index contributed by atoms with van der Waals surface area (Å²) in [7, 11) is 2.72. The van der Waals surface area contributed by atoms with Crippen molar-refractivity contribution in [2.45, 2.75) is 12.2 Å². The van der Waals surface area contributed by atoms with E-state index in [-0.39, 0.29) is 0 Å². The van der Waals surface area contributed by atoms with Gasteiger partial charge in [-0.25, -0.2) is 0 Å². The van der Waals surface area contributed by atoms with E-state index < -0.39 is 22.4 Å². The molecule has 10 heteroatoms. The molecule has 0 radical (unpaired) electrons. The van der Waals surface area contributed by atoms with E-state index in [9.17, 15) is 20.2 Å². The minimum absolute atomic E-state index is 0.296. The van der Waals surface area contributed by atoms with Crippen molar-refractivity contribution in [1.29, 1.82) is 0 Å². The Hall–Kier alpha value is -0.900. The van der Waals surface area contributed by atoms with Crippen LogP contribution in [0.5, 0.6) is 0 Å². The molecule has 0 aromatic carbocycles. The van der Waals surface area contributed by atoms with Crippen molar-refractivity contribution in [1.82, 2.24) is 0 Å². The zero-order valence-corrected chi connectivity index (χ0v) is 8.36. The summed E-state index contributed by atoms with van der Waals surface area (Å²) in [6.45, 7) is 0. The maximum Gasteiger partial charge on any atom is 0.294 e. The van der Waals surface area contributed by atoms with Gasteiger partial charge in [0, 0.05) is 11.5 Å². The fourth-order valence-electron chi connectivity index (χ4n) is 0.863.